The molecule has 148 valence electrons. The Morgan fingerprint density at radius 1 is 1.11 bits per heavy atom. The number of carbonyl (C=O) groups is 2. The van der Waals surface area contributed by atoms with E-state index < -0.39 is 0 Å². The standard InChI is InChI=1S/C22H28N4O2/c1-17-5-7-20(8-6-17)21(24-18(2)27)14-22(28)26-12-10-25(11-13-26)16-19-4-3-9-23-15-19/h3-9,15,21H,10-14,16H2,1-2H3,(H,24,27). The van der Waals surface area contributed by atoms with E-state index in [1.807, 2.05) is 48.4 Å². The summed E-state index contributed by atoms with van der Waals surface area (Å²) in [5, 5.41) is 2.92. The van der Waals surface area contributed by atoms with Gasteiger partial charge in [-0.15, -0.1) is 0 Å². The number of rotatable bonds is 6. The Labute approximate surface area is 166 Å². The number of nitrogens with zero attached hydrogens (tertiary/aromatic N) is 3. The molecule has 1 saturated heterocycles. The lowest BCUT2D eigenvalue weighted by molar-refractivity contribution is -0.133. The van der Waals surface area contributed by atoms with Gasteiger partial charge in [0.1, 0.15) is 0 Å². The Bertz CT molecular complexity index is 784. The van der Waals surface area contributed by atoms with Gasteiger partial charge in [-0.05, 0) is 24.1 Å². The van der Waals surface area contributed by atoms with Crippen molar-refractivity contribution in [1.29, 1.82) is 0 Å². The van der Waals surface area contributed by atoms with Crippen LogP contribution >= 0.6 is 0 Å². The zero-order valence-electron chi connectivity index (χ0n) is 16.6. The van der Waals surface area contributed by atoms with Crippen LogP contribution in [0.15, 0.2) is 48.8 Å². The summed E-state index contributed by atoms with van der Waals surface area (Å²) in [6.07, 6.45) is 3.95. The molecule has 1 unspecified atom stereocenters. The van der Waals surface area contributed by atoms with Crippen molar-refractivity contribution in [2.24, 2.45) is 0 Å². The van der Waals surface area contributed by atoms with Gasteiger partial charge in [-0.25, -0.2) is 0 Å². The van der Waals surface area contributed by atoms with E-state index in [0.717, 1.165) is 30.8 Å². The molecule has 2 heterocycles. The summed E-state index contributed by atoms with van der Waals surface area (Å²) in [6, 6.07) is 11.7. The highest BCUT2D eigenvalue weighted by molar-refractivity contribution is 5.79. The topological polar surface area (TPSA) is 65.5 Å². The minimum absolute atomic E-state index is 0.0837. The van der Waals surface area contributed by atoms with E-state index in [1.54, 1.807) is 6.20 Å². The molecule has 1 aromatic carbocycles. The van der Waals surface area contributed by atoms with Crippen LogP contribution in [0.25, 0.3) is 0 Å². The van der Waals surface area contributed by atoms with Crippen molar-refractivity contribution in [1.82, 2.24) is 20.1 Å². The fraction of sp³-hybridized carbons (Fsp3) is 0.409. The number of benzene rings is 1. The fourth-order valence-electron chi connectivity index (χ4n) is 3.51. The zero-order chi connectivity index (χ0) is 19.9. The largest absolute Gasteiger partial charge is 0.349 e. The van der Waals surface area contributed by atoms with Gasteiger partial charge in [0.15, 0.2) is 0 Å². The molecule has 1 aliphatic heterocycles. The first-order valence-electron chi connectivity index (χ1n) is 9.74. The third kappa shape index (κ3) is 5.63. The average Bonchev–Trinajstić information content (AvgIpc) is 2.69. The zero-order valence-corrected chi connectivity index (χ0v) is 16.6. The van der Waals surface area contributed by atoms with E-state index in [4.69, 9.17) is 0 Å². The van der Waals surface area contributed by atoms with Gasteiger partial charge in [0, 0.05) is 52.0 Å². The van der Waals surface area contributed by atoms with Gasteiger partial charge in [-0.2, -0.15) is 0 Å². The summed E-state index contributed by atoms with van der Waals surface area (Å²) < 4.78 is 0. The molecule has 0 radical (unpaired) electrons. The third-order valence-electron chi connectivity index (χ3n) is 5.09. The van der Waals surface area contributed by atoms with Crippen molar-refractivity contribution in [2.45, 2.75) is 32.9 Å². The molecule has 0 saturated carbocycles. The van der Waals surface area contributed by atoms with Gasteiger partial charge in [0.2, 0.25) is 11.8 Å². The number of hydrogen-bond donors (Lipinski definition) is 1. The lowest BCUT2D eigenvalue weighted by atomic mass is 10.0. The molecule has 2 amide bonds. The number of carbonyl (C=O) groups excluding carboxylic acids is 2. The normalized spacial score (nSPS) is 15.9. The van der Waals surface area contributed by atoms with Crippen LogP contribution in [-0.4, -0.2) is 52.8 Å². The molecule has 28 heavy (non-hydrogen) atoms. The molecular formula is C22H28N4O2. The maximum absolute atomic E-state index is 12.8. The molecule has 0 bridgehead atoms. The maximum Gasteiger partial charge on any atom is 0.225 e. The van der Waals surface area contributed by atoms with Crippen molar-refractivity contribution in [3.05, 3.63) is 65.5 Å². The second-order valence-electron chi connectivity index (χ2n) is 7.39. The van der Waals surface area contributed by atoms with E-state index in [-0.39, 0.29) is 24.3 Å². The van der Waals surface area contributed by atoms with Gasteiger partial charge in [-0.1, -0.05) is 35.9 Å². The first kappa shape index (κ1) is 20.0. The van der Waals surface area contributed by atoms with Gasteiger partial charge >= 0.3 is 0 Å². The smallest absolute Gasteiger partial charge is 0.225 e. The molecule has 1 aromatic heterocycles. The third-order valence-corrected chi connectivity index (χ3v) is 5.09. The van der Waals surface area contributed by atoms with Crippen LogP contribution in [0.3, 0.4) is 0 Å². The van der Waals surface area contributed by atoms with Crippen molar-refractivity contribution < 1.29 is 9.59 Å². The Morgan fingerprint density at radius 3 is 2.43 bits per heavy atom. The molecule has 2 aromatic rings. The average molecular weight is 380 g/mol. The fourth-order valence-corrected chi connectivity index (χ4v) is 3.51. The van der Waals surface area contributed by atoms with E-state index in [0.29, 0.717) is 13.1 Å². The predicted molar refractivity (Wildman–Crippen MR) is 108 cm³/mol. The van der Waals surface area contributed by atoms with Crippen LogP contribution in [-0.2, 0) is 16.1 Å². The molecule has 0 aliphatic carbocycles. The summed E-state index contributed by atoms with van der Waals surface area (Å²) in [7, 11) is 0. The monoisotopic (exact) mass is 380 g/mol. The van der Waals surface area contributed by atoms with Crippen LogP contribution in [0.4, 0.5) is 0 Å². The molecule has 1 fully saturated rings. The number of aromatic nitrogens is 1. The molecule has 0 spiro atoms. The number of nitrogens with one attached hydrogen (secondary N) is 1. The van der Waals surface area contributed by atoms with Crippen LogP contribution in [0.5, 0.6) is 0 Å². The Hall–Kier alpha value is -2.73. The maximum atomic E-state index is 12.8. The lowest BCUT2D eigenvalue weighted by Crippen LogP contribution is -2.49. The highest BCUT2D eigenvalue weighted by atomic mass is 16.2. The van der Waals surface area contributed by atoms with Crippen LogP contribution in [0, 0.1) is 6.92 Å². The summed E-state index contributed by atoms with van der Waals surface area (Å²) in [5.41, 5.74) is 3.30. The highest BCUT2D eigenvalue weighted by Gasteiger charge is 2.24. The molecule has 6 nitrogen and oxygen atoms in total. The molecular weight excluding hydrogens is 352 g/mol. The van der Waals surface area contributed by atoms with E-state index in [1.165, 1.54) is 12.5 Å². The van der Waals surface area contributed by atoms with E-state index in [9.17, 15) is 9.59 Å². The molecule has 3 rings (SSSR count). The first-order valence-corrected chi connectivity index (χ1v) is 9.74. The Morgan fingerprint density at radius 2 is 1.82 bits per heavy atom. The molecule has 1 N–H and O–H groups in total. The van der Waals surface area contributed by atoms with E-state index in [2.05, 4.69) is 21.3 Å². The number of amides is 2. The first-order chi connectivity index (χ1) is 13.5. The molecule has 1 atom stereocenters. The summed E-state index contributed by atoms with van der Waals surface area (Å²) in [6.45, 7) is 7.47. The molecule has 6 heteroatoms. The minimum atomic E-state index is -0.293. The second kappa shape index (κ2) is 9.46. The number of hydrogen-bond acceptors (Lipinski definition) is 4. The summed E-state index contributed by atoms with van der Waals surface area (Å²) in [5.74, 6) is -0.0417. The van der Waals surface area contributed by atoms with Crippen molar-refractivity contribution in [3.8, 4) is 0 Å². The van der Waals surface area contributed by atoms with Crippen LogP contribution in [0.2, 0.25) is 0 Å². The quantitative estimate of drug-likeness (QED) is 0.835. The van der Waals surface area contributed by atoms with Crippen LogP contribution in [0.1, 0.15) is 36.1 Å². The number of aryl methyl sites for hydroxylation is 1. The lowest BCUT2D eigenvalue weighted by Gasteiger charge is -2.35. The highest BCUT2D eigenvalue weighted by Crippen LogP contribution is 2.20. The predicted octanol–water partition coefficient (Wildman–Crippen LogP) is 2.30. The van der Waals surface area contributed by atoms with Crippen molar-refractivity contribution in [3.63, 3.8) is 0 Å². The second-order valence-corrected chi connectivity index (χ2v) is 7.39. The SMILES string of the molecule is CC(=O)NC(CC(=O)N1CCN(Cc2cccnc2)CC1)c1ccc(C)cc1. The summed E-state index contributed by atoms with van der Waals surface area (Å²) in [4.78, 5) is 32.9. The van der Waals surface area contributed by atoms with Crippen LogP contribution < -0.4 is 5.32 Å². The van der Waals surface area contributed by atoms with Gasteiger partial charge in [-0.3, -0.25) is 19.5 Å². The summed E-state index contributed by atoms with van der Waals surface area (Å²) >= 11 is 0. The van der Waals surface area contributed by atoms with Gasteiger partial charge in [0.05, 0.1) is 12.5 Å². The molecule has 1 aliphatic rings. The van der Waals surface area contributed by atoms with Gasteiger partial charge in [0.25, 0.3) is 0 Å². The van der Waals surface area contributed by atoms with Crippen molar-refractivity contribution in [2.75, 3.05) is 26.2 Å². The minimum Gasteiger partial charge on any atom is -0.349 e. The van der Waals surface area contributed by atoms with Gasteiger partial charge < -0.3 is 10.2 Å². The van der Waals surface area contributed by atoms with Crippen molar-refractivity contribution >= 4 is 11.8 Å². The Balaban J connectivity index is 1.55. The Kier molecular flexibility index (Phi) is 6.76. The number of pyridine rings is 1. The number of piperazine rings is 1. The van der Waals surface area contributed by atoms with E-state index >= 15 is 0 Å².